The Morgan fingerprint density at radius 3 is 2.62 bits per heavy atom. The van der Waals surface area contributed by atoms with Crippen LogP contribution in [0.5, 0.6) is 0 Å². The summed E-state index contributed by atoms with van der Waals surface area (Å²) in [6, 6.07) is 9.02. The lowest BCUT2D eigenvalue weighted by atomic mass is 10.1. The van der Waals surface area contributed by atoms with Crippen LogP contribution in [0.1, 0.15) is 16.1 Å². The minimum Gasteiger partial charge on any atom is -0.396 e. The Morgan fingerprint density at radius 2 is 1.92 bits per heavy atom. The van der Waals surface area contributed by atoms with Gasteiger partial charge in [-0.15, -0.1) is 0 Å². The summed E-state index contributed by atoms with van der Waals surface area (Å²) >= 11 is 0. The maximum atomic E-state index is 12.0. The van der Waals surface area contributed by atoms with Gasteiger partial charge in [0, 0.05) is 26.4 Å². The van der Waals surface area contributed by atoms with Gasteiger partial charge >= 0.3 is 0 Å². The highest BCUT2D eigenvalue weighted by molar-refractivity contribution is 6.00. The van der Waals surface area contributed by atoms with Crippen LogP contribution in [0.2, 0.25) is 0 Å². The first-order valence-electron chi connectivity index (χ1n) is 8.09. The lowest BCUT2D eigenvalue weighted by Crippen LogP contribution is -2.19. The van der Waals surface area contributed by atoms with E-state index < -0.39 is 0 Å². The van der Waals surface area contributed by atoms with Gasteiger partial charge in [-0.1, -0.05) is 12.1 Å². The van der Waals surface area contributed by atoms with Gasteiger partial charge < -0.3 is 21.7 Å². The quantitative estimate of drug-likeness (QED) is 0.562. The zero-order chi connectivity index (χ0) is 18.7. The second-order valence-corrected chi connectivity index (χ2v) is 5.83. The summed E-state index contributed by atoms with van der Waals surface area (Å²) < 4.78 is 1.73. The van der Waals surface area contributed by atoms with E-state index in [2.05, 4.69) is 26.0 Å². The van der Waals surface area contributed by atoms with Crippen LogP contribution in [-0.2, 0) is 7.05 Å². The molecule has 8 heteroatoms. The molecule has 0 radical (unpaired) electrons. The van der Waals surface area contributed by atoms with Crippen molar-refractivity contribution in [2.75, 3.05) is 23.4 Å². The molecule has 0 unspecified atom stereocenters. The van der Waals surface area contributed by atoms with E-state index >= 15 is 0 Å². The van der Waals surface area contributed by atoms with Gasteiger partial charge in [-0.05, 0) is 19.1 Å². The predicted octanol–water partition coefficient (Wildman–Crippen LogP) is 2.55. The normalized spacial score (nSPS) is 10.4. The maximum absolute atomic E-state index is 12.0. The number of amides is 1. The number of para-hydroxylation sites is 1. The van der Waals surface area contributed by atoms with Crippen LogP contribution in [0.4, 0.5) is 28.6 Å². The fourth-order valence-electron chi connectivity index (χ4n) is 2.57. The summed E-state index contributed by atoms with van der Waals surface area (Å²) in [6.45, 7) is 1.92. The number of hydrogen-bond acceptors (Lipinski definition) is 6. The van der Waals surface area contributed by atoms with Gasteiger partial charge in [-0.2, -0.15) is 5.10 Å². The number of anilines is 5. The van der Waals surface area contributed by atoms with Crippen molar-refractivity contribution in [1.29, 1.82) is 0 Å². The van der Waals surface area contributed by atoms with Crippen LogP contribution in [0.25, 0.3) is 0 Å². The van der Waals surface area contributed by atoms with Crippen molar-refractivity contribution in [3.63, 3.8) is 0 Å². The smallest absolute Gasteiger partial charge is 0.253 e. The highest BCUT2D eigenvalue weighted by atomic mass is 16.1. The van der Waals surface area contributed by atoms with E-state index in [4.69, 9.17) is 5.73 Å². The van der Waals surface area contributed by atoms with Crippen molar-refractivity contribution in [2.24, 2.45) is 7.05 Å². The van der Waals surface area contributed by atoms with E-state index in [1.165, 1.54) is 0 Å². The molecule has 0 aliphatic carbocycles. The molecule has 0 saturated heterocycles. The Morgan fingerprint density at radius 1 is 1.15 bits per heavy atom. The number of aromatic nitrogens is 3. The summed E-state index contributed by atoms with van der Waals surface area (Å²) in [5, 5.41) is 13.4. The molecule has 8 nitrogen and oxygen atoms in total. The molecule has 5 N–H and O–H groups in total. The number of carbonyl (C=O) groups is 1. The number of benzene rings is 1. The molecule has 0 fully saturated rings. The number of nitrogen functional groups attached to an aromatic ring is 1. The van der Waals surface area contributed by atoms with E-state index in [1.54, 1.807) is 30.1 Å². The molecule has 26 heavy (non-hydrogen) atoms. The number of nitrogens with one attached hydrogen (secondary N) is 3. The Balaban J connectivity index is 1.89. The summed E-state index contributed by atoms with van der Waals surface area (Å²) in [4.78, 5) is 16.3. The van der Waals surface area contributed by atoms with Gasteiger partial charge in [0.2, 0.25) is 0 Å². The van der Waals surface area contributed by atoms with Crippen molar-refractivity contribution in [1.82, 2.24) is 20.1 Å². The number of aryl methyl sites for hydroxylation is 2. The average molecular weight is 351 g/mol. The molecular weight excluding hydrogens is 330 g/mol. The third-order valence-corrected chi connectivity index (χ3v) is 3.88. The Labute approximate surface area is 151 Å². The lowest BCUT2D eigenvalue weighted by molar-refractivity contribution is 0.0964. The molecule has 2 heterocycles. The molecule has 1 amide bonds. The van der Waals surface area contributed by atoms with Gasteiger partial charge in [-0.25, -0.2) is 4.98 Å². The predicted molar refractivity (Wildman–Crippen MR) is 103 cm³/mol. The van der Waals surface area contributed by atoms with Crippen LogP contribution in [0.15, 0.2) is 42.7 Å². The third-order valence-electron chi connectivity index (χ3n) is 3.88. The maximum Gasteiger partial charge on any atom is 0.253 e. The van der Waals surface area contributed by atoms with E-state index in [1.807, 2.05) is 38.4 Å². The number of nitrogens with two attached hydrogens (primary N) is 1. The van der Waals surface area contributed by atoms with Crippen molar-refractivity contribution >= 4 is 34.5 Å². The highest BCUT2D eigenvalue weighted by Gasteiger charge is 2.12. The Hall–Kier alpha value is -3.55. The van der Waals surface area contributed by atoms with Gasteiger partial charge in [0.05, 0.1) is 40.2 Å². The van der Waals surface area contributed by atoms with Crippen molar-refractivity contribution in [2.45, 2.75) is 6.92 Å². The first-order chi connectivity index (χ1) is 12.5. The average Bonchev–Trinajstić information content (AvgIpc) is 2.94. The SMILES string of the molecule is CNC(=O)c1ccccc1Nc1cc(Nc2cn(C)nc2C)ncc1N. The second kappa shape index (κ2) is 7.14. The standard InChI is InChI=1S/C18H21N7O/c1-11-16(10-25(3)24-11)23-17-8-15(13(19)9-21-17)22-14-7-5-4-6-12(14)18(26)20-2/h4-10H,19H2,1-3H3,(H,20,26)(H2,21,22,23). The van der Waals surface area contributed by atoms with Crippen molar-refractivity contribution in [3.8, 4) is 0 Å². The van der Waals surface area contributed by atoms with Gasteiger partial charge in [-0.3, -0.25) is 9.48 Å². The van der Waals surface area contributed by atoms with E-state index in [0.29, 0.717) is 28.4 Å². The molecule has 0 aliphatic rings. The van der Waals surface area contributed by atoms with E-state index in [9.17, 15) is 4.79 Å². The van der Waals surface area contributed by atoms with Crippen LogP contribution in [0, 0.1) is 6.92 Å². The van der Waals surface area contributed by atoms with Crippen LogP contribution >= 0.6 is 0 Å². The van der Waals surface area contributed by atoms with Crippen LogP contribution in [-0.4, -0.2) is 27.7 Å². The van der Waals surface area contributed by atoms with E-state index in [-0.39, 0.29) is 5.91 Å². The fraction of sp³-hybridized carbons (Fsp3) is 0.167. The largest absolute Gasteiger partial charge is 0.396 e. The van der Waals surface area contributed by atoms with Crippen LogP contribution in [0.3, 0.4) is 0 Å². The molecule has 1 aromatic carbocycles. The Bertz CT molecular complexity index is 948. The first kappa shape index (κ1) is 17.3. The zero-order valence-electron chi connectivity index (χ0n) is 14.9. The number of carbonyl (C=O) groups excluding carboxylic acids is 1. The molecule has 0 saturated carbocycles. The molecule has 3 aromatic rings. The lowest BCUT2D eigenvalue weighted by Gasteiger charge is -2.14. The van der Waals surface area contributed by atoms with E-state index in [0.717, 1.165) is 11.4 Å². The second-order valence-electron chi connectivity index (χ2n) is 5.83. The van der Waals surface area contributed by atoms with Crippen LogP contribution < -0.4 is 21.7 Å². The monoisotopic (exact) mass is 351 g/mol. The molecule has 0 atom stereocenters. The molecule has 3 rings (SSSR count). The minimum absolute atomic E-state index is 0.176. The van der Waals surface area contributed by atoms with Gasteiger partial charge in [0.1, 0.15) is 5.82 Å². The first-order valence-corrected chi connectivity index (χ1v) is 8.09. The molecule has 0 aliphatic heterocycles. The van der Waals surface area contributed by atoms with Crippen molar-refractivity contribution < 1.29 is 4.79 Å². The number of pyridine rings is 1. The minimum atomic E-state index is -0.176. The number of nitrogens with zero attached hydrogens (tertiary/aromatic N) is 3. The molecule has 0 spiro atoms. The summed E-state index contributed by atoms with van der Waals surface area (Å²) in [6.07, 6.45) is 3.44. The molecule has 0 bridgehead atoms. The zero-order valence-corrected chi connectivity index (χ0v) is 14.9. The molecular formula is C18H21N7O. The van der Waals surface area contributed by atoms with Gasteiger partial charge in [0.25, 0.3) is 5.91 Å². The molecule has 2 aromatic heterocycles. The van der Waals surface area contributed by atoms with Crippen molar-refractivity contribution in [3.05, 3.63) is 54.0 Å². The van der Waals surface area contributed by atoms with Gasteiger partial charge in [0.15, 0.2) is 0 Å². The Kier molecular flexibility index (Phi) is 4.74. The topological polar surface area (TPSA) is 110 Å². The number of rotatable bonds is 5. The summed E-state index contributed by atoms with van der Waals surface area (Å²) in [5.74, 6) is 0.445. The number of hydrogen-bond donors (Lipinski definition) is 4. The summed E-state index contributed by atoms with van der Waals surface area (Å²) in [7, 11) is 3.45. The molecule has 134 valence electrons. The highest BCUT2D eigenvalue weighted by Crippen LogP contribution is 2.28. The third kappa shape index (κ3) is 3.59. The summed E-state index contributed by atoms with van der Waals surface area (Å²) in [5.41, 5.74) is 10.1. The fourth-order valence-corrected chi connectivity index (χ4v) is 2.57.